The zero-order valence-electron chi connectivity index (χ0n) is 39.6. The van der Waals surface area contributed by atoms with Crippen LogP contribution in [0.4, 0.5) is 27.4 Å². The number of nitrogens with one attached hydrogen (secondary N) is 4. The molecular weight excluding hydrogens is 848 g/mol. The van der Waals surface area contributed by atoms with Gasteiger partial charge in [0.2, 0.25) is 11.8 Å². The number of amides is 2. The predicted octanol–water partition coefficient (Wildman–Crippen LogP) is 10.5. The first-order chi connectivity index (χ1) is 33.2. The van der Waals surface area contributed by atoms with Crippen molar-refractivity contribution in [2.24, 2.45) is 63.4 Å². The highest BCUT2D eigenvalue weighted by Gasteiger charge is 2.74. The lowest BCUT2D eigenvalue weighted by atomic mass is 9.32. The minimum atomic E-state index is -0.977. The number of nitrogens with two attached hydrogens (primary N) is 1. The summed E-state index contributed by atoms with van der Waals surface area (Å²) < 4.78 is 14.3. The van der Waals surface area contributed by atoms with Gasteiger partial charge in [-0.3, -0.25) is 14.5 Å². The number of nitrogens with zero attached hydrogens (tertiary/aromatic N) is 3. The van der Waals surface area contributed by atoms with E-state index in [9.17, 15) is 9.18 Å². The number of carbonyl (C=O) groups excluding carboxylic acids is 2. The van der Waals surface area contributed by atoms with Gasteiger partial charge in [0.1, 0.15) is 17.5 Å². The smallest absolute Gasteiger partial charge is 0.239 e. The molecular formula is C57H69FN8O2. The third kappa shape index (κ3) is 7.93. The number of anilines is 4. The SMILES string of the molecule is NC(=O)CC(C(=O)N(c1cccc2nc(NCCNCc3ccccc3F)ccc12)c1cccc2nc(NCCNCC3CC3)ccc12)(C12CC3CC(CC(C3)C1)C2)C12CC3CC(CC(C3)C1)C2. The van der Waals surface area contributed by atoms with Gasteiger partial charge in [-0.15, -0.1) is 0 Å². The van der Waals surface area contributed by atoms with E-state index in [1.54, 1.807) is 12.1 Å². The van der Waals surface area contributed by atoms with Crippen molar-refractivity contribution in [3.63, 3.8) is 0 Å². The highest BCUT2D eigenvalue weighted by molar-refractivity contribution is 6.15. The summed E-state index contributed by atoms with van der Waals surface area (Å²) in [7, 11) is 0. The molecule has 0 spiro atoms. The summed E-state index contributed by atoms with van der Waals surface area (Å²) in [4.78, 5) is 44.2. The maximum atomic E-state index is 17.6. The first-order valence-electron chi connectivity index (χ1n) is 26.2. The summed E-state index contributed by atoms with van der Waals surface area (Å²) in [6.07, 6.45) is 16.3. The van der Waals surface area contributed by atoms with Crippen molar-refractivity contribution >= 4 is 56.6 Å². The van der Waals surface area contributed by atoms with Gasteiger partial charge < -0.3 is 27.0 Å². The summed E-state index contributed by atoms with van der Waals surface area (Å²) in [5.74, 6) is 5.39. The molecule has 14 rings (SSSR count). The Labute approximate surface area is 400 Å². The fraction of sp³-hybridized carbons (Fsp3) is 0.544. The molecule has 0 atom stereocenters. The molecule has 2 heterocycles. The molecule has 0 saturated heterocycles. The maximum Gasteiger partial charge on any atom is 0.239 e. The van der Waals surface area contributed by atoms with Crippen LogP contribution in [0.1, 0.15) is 102 Å². The van der Waals surface area contributed by atoms with E-state index in [-0.39, 0.29) is 34.9 Å². The second-order valence-electron chi connectivity index (χ2n) is 22.9. The molecule has 10 nitrogen and oxygen atoms in total. The average molecular weight is 917 g/mol. The van der Waals surface area contributed by atoms with Gasteiger partial charge in [-0.05, 0) is 203 Å². The van der Waals surface area contributed by atoms with Crippen molar-refractivity contribution in [1.82, 2.24) is 20.6 Å². The zero-order valence-corrected chi connectivity index (χ0v) is 39.6. The van der Waals surface area contributed by atoms with Crippen LogP contribution >= 0.6 is 0 Å². The first-order valence-corrected chi connectivity index (χ1v) is 26.2. The van der Waals surface area contributed by atoms with Crippen molar-refractivity contribution in [3.05, 3.63) is 96.3 Å². The van der Waals surface area contributed by atoms with Crippen molar-refractivity contribution in [2.75, 3.05) is 48.3 Å². The monoisotopic (exact) mass is 917 g/mol. The first kappa shape index (κ1) is 44.1. The number of hydrogen-bond acceptors (Lipinski definition) is 8. The molecule has 2 amide bonds. The molecule has 8 bridgehead atoms. The number of primary amides is 1. The molecule has 0 radical (unpaired) electrons. The lowest BCUT2D eigenvalue weighted by Crippen LogP contribution is -2.70. The number of hydrogen-bond donors (Lipinski definition) is 5. The van der Waals surface area contributed by atoms with E-state index in [2.05, 4.69) is 62.6 Å². The van der Waals surface area contributed by atoms with Crippen molar-refractivity contribution in [1.29, 1.82) is 0 Å². The van der Waals surface area contributed by atoms with Gasteiger partial charge in [-0.25, -0.2) is 14.4 Å². The number of pyridine rings is 2. The van der Waals surface area contributed by atoms with E-state index in [4.69, 9.17) is 15.7 Å². The van der Waals surface area contributed by atoms with Crippen molar-refractivity contribution in [3.8, 4) is 0 Å². The Hall–Kier alpha value is -5.13. The average Bonchev–Trinajstić information content (AvgIpc) is 4.15. The Bertz CT molecular complexity index is 2600. The summed E-state index contributed by atoms with van der Waals surface area (Å²) in [5, 5.41) is 15.7. The normalized spacial score (nSPS) is 29.6. The standard InChI is InChI=1S/C57H69FN8O2/c58-46-6-2-1-5-43(46)35-61-18-20-63-53-16-14-45-48(65-53)8-4-10-50(45)66(49-9-3-7-47-44(49)13-15-52(64-47)62-19-17-60-34-36-11-12-36)54(68)57(33-51(59)67,55-27-37-21-38(28-55)23-39(22-37)29-55)56-30-40-24-41(31-56)26-42(25-40)32-56/h1-10,13-16,36-42,60-61H,11-12,17-35H2,(H2,59,67)(H,62,64)(H,63,65). The second-order valence-corrected chi connectivity index (χ2v) is 22.9. The van der Waals surface area contributed by atoms with Crippen LogP contribution in [0, 0.1) is 63.5 Å². The lowest BCUT2D eigenvalue weighted by molar-refractivity contribution is -0.226. The Morgan fingerprint density at radius 2 is 1.10 bits per heavy atom. The molecule has 68 heavy (non-hydrogen) atoms. The second kappa shape index (κ2) is 17.7. The third-order valence-corrected chi connectivity index (χ3v) is 18.4. The Morgan fingerprint density at radius 1 is 0.618 bits per heavy atom. The number of halogens is 1. The molecule has 0 unspecified atom stereocenters. The fourth-order valence-corrected chi connectivity index (χ4v) is 16.4. The van der Waals surface area contributed by atoms with Crippen LogP contribution in [0.5, 0.6) is 0 Å². The quantitative estimate of drug-likeness (QED) is 0.0517. The molecule has 2 aromatic heterocycles. The van der Waals surface area contributed by atoms with Gasteiger partial charge in [0.25, 0.3) is 0 Å². The van der Waals surface area contributed by atoms with Crippen LogP contribution < -0.4 is 31.9 Å². The molecule has 9 fully saturated rings. The number of benzene rings is 3. The van der Waals surface area contributed by atoms with Gasteiger partial charge in [0, 0.05) is 55.5 Å². The van der Waals surface area contributed by atoms with Crippen LogP contribution in [-0.2, 0) is 16.1 Å². The Kier molecular flexibility index (Phi) is 11.5. The highest BCUT2D eigenvalue weighted by Crippen LogP contribution is 2.77. The summed E-state index contributed by atoms with van der Waals surface area (Å²) in [6.45, 7) is 4.37. The molecule has 6 N–H and O–H groups in total. The van der Waals surface area contributed by atoms with Crippen LogP contribution in [-0.4, -0.2) is 54.5 Å². The molecule has 5 aromatic rings. The molecule has 11 heteroatoms. The van der Waals surface area contributed by atoms with E-state index in [0.717, 1.165) is 109 Å². The van der Waals surface area contributed by atoms with E-state index >= 15 is 4.79 Å². The van der Waals surface area contributed by atoms with Crippen LogP contribution in [0.3, 0.4) is 0 Å². The fourth-order valence-electron chi connectivity index (χ4n) is 16.4. The Morgan fingerprint density at radius 3 is 1.57 bits per heavy atom. The molecule has 0 aliphatic heterocycles. The number of rotatable bonds is 19. The largest absolute Gasteiger partial charge is 0.370 e. The summed E-state index contributed by atoms with van der Waals surface area (Å²) >= 11 is 0. The van der Waals surface area contributed by atoms with Gasteiger partial charge >= 0.3 is 0 Å². The molecule has 356 valence electrons. The van der Waals surface area contributed by atoms with Gasteiger partial charge in [-0.2, -0.15) is 0 Å². The zero-order chi connectivity index (χ0) is 46.0. The number of aromatic nitrogens is 2. The van der Waals surface area contributed by atoms with E-state index in [1.807, 2.05) is 30.3 Å². The number of fused-ring (bicyclic) bond motifs is 2. The lowest BCUT2D eigenvalue weighted by Gasteiger charge is -2.72. The number of carbonyl (C=O) groups is 2. The van der Waals surface area contributed by atoms with Crippen molar-refractivity contribution in [2.45, 2.75) is 103 Å². The molecule has 9 aliphatic carbocycles. The third-order valence-electron chi connectivity index (χ3n) is 18.4. The molecule has 3 aromatic carbocycles. The van der Waals surface area contributed by atoms with Gasteiger partial charge in [0.05, 0.1) is 27.8 Å². The van der Waals surface area contributed by atoms with Crippen LogP contribution in [0.2, 0.25) is 0 Å². The maximum absolute atomic E-state index is 17.6. The van der Waals surface area contributed by atoms with E-state index in [0.29, 0.717) is 60.7 Å². The van der Waals surface area contributed by atoms with Crippen molar-refractivity contribution < 1.29 is 14.0 Å². The minimum Gasteiger partial charge on any atom is -0.370 e. The summed E-state index contributed by atoms with van der Waals surface area (Å²) in [5.41, 5.74) is 8.83. The van der Waals surface area contributed by atoms with E-state index in [1.165, 1.54) is 57.4 Å². The molecule has 9 saturated carbocycles. The highest BCUT2D eigenvalue weighted by atomic mass is 19.1. The van der Waals surface area contributed by atoms with Gasteiger partial charge in [-0.1, -0.05) is 30.3 Å². The summed E-state index contributed by atoms with van der Waals surface area (Å²) in [6, 6.07) is 27.5. The van der Waals surface area contributed by atoms with Gasteiger partial charge in [0.15, 0.2) is 0 Å². The predicted molar refractivity (Wildman–Crippen MR) is 269 cm³/mol. The van der Waals surface area contributed by atoms with Crippen LogP contribution in [0.25, 0.3) is 21.8 Å². The topological polar surface area (TPSA) is 137 Å². The minimum absolute atomic E-state index is 0.0623. The molecule has 9 aliphatic rings. The van der Waals surface area contributed by atoms with Crippen LogP contribution in [0.15, 0.2) is 84.9 Å². The van der Waals surface area contributed by atoms with E-state index < -0.39 is 5.41 Å². The Balaban J connectivity index is 0.964.